The molecule has 0 amide bonds. The van der Waals surface area contributed by atoms with Crippen molar-refractivity contribution in [3.05, 3.63) is 149 Å². The molecule has 5 aromatic carbocycles. The Hall–Kier alpha value is -6.00. The van der Waals surface area contributed by atoms with E-state index in [2.05, 4.69) is 5.32 Å². The van der Waals surface area contributed by atoms with E-state index in [4.69, 9.17) is 26.1 Å². The molecule has 0 bridgehead atoms. The lowest BCUT2D eigenvalue weighted by molar-refractivity contribution is -0.138. The number of amidine groups is 1. The summed E-state index contributed by atoms with van der Waals surface area (Å²) in [5, 5.41) is 39.5. The molecule has 10 heteroatoms. The van der Waals surface area contributed by atoms with Gasteiger partial charge in [-0.05, 0) is 83.8 Å². The maximum absolute atomic E-state index is 12.0. The van der Waals surface area contributed by atoms with Gasteiger partial charge in [0.15, 0.2) is 0 Å². The molecule has 0 spiro atoms. The van der Waals surface area contributed by atoms with Crippen LogP contribution in [0.1, 0.15) is 49.7 Å². The number of carboxylic acids is 3. The number of hydrogen-bond acceptors (Lipinski definition) is 6. The Morgan fingerprint density at radius 1 is 0.750 bits per heavy atom. The Balaban J connectivity index is 0.000000234. The highest BCUT2D eigenvalue weighted by Gasteiger charge is 2.21. The Morgan fingerprint density at radius 3 is 1.81 bits per heavy atom. The van der Waals surface area contributed by atoms with Crippen molar-refractivity contribution in [3.63, 3.8) is 0 Å². The molecule has 10 nitrogen and oxygen atoms in total. The van der Waals surface area contributed by atoms with Crippen molar-refractivity contribution in [1.82, 2.24) is 5.32 Å². The van der Waals surface area contributed by atoms with Crippen molar-refractivity contribution in [3.8, 4) is 5.75 Å². The zero-order valence-corrected chi connectivity index (χ0v) is 26.1. The number of carboxylic acid groups (broad SMARTS) is 3. The Morgan fingerprint density at radius 2 is 1.33 bits per heavy atom. The Labute approximate surface area is 277 Å². The summed E-state index contributed by atoms with van der Waals surface area (Å²) in [6.45, 7) is 1.80. The second-order valence-corrected chi connectivity index (χ2v) is 11.0. The second kappa shape index (κ2) is 17.1. The van der Waals surface area contributed by atoms with E-state index in [0.717, 1.165) is 47.2 Å². The molecule has 0 radical (unpaired) electrons. The van der Waals surface area contributed by atoms with E-state index in [1.807, 2.05) is 60.7 Å². The van der Waals surface area contributed by atoms with Gasteiger partial charge in [0.2, 0.25) is 0 Å². The molecule has 1 fully saturated rings. The van der Waals surface area contributed by atoms with Gasteiger partial charge in [-0.25, -0.2) is 9.59 Å². The first-order valence-corrected chi connectivity index (χ1v) is 15.2. The Kier molecular flexibility index (Phi) is 12.4. The molecule has 1 heterocycles. The van der Waals surface area contributed by atoms with Gasteiger partial charge < -0.3 is 31.1 Å². The van der Waals surface area contributed by atoms with Crippen molar-refractivity contribution in [2.75, 3.05) is 13.1 Å². The highest BCUT2D eigenvalue weighted by atomic mass is 16.5. The molecule has 0 unspecified atom stereocenters. The second-order valence-electron chi connectivity index (χ2n) is 11.0. The monoisotopic (exact) mass is 647 g/mol. The molecule has 0 aliphatic carbocycles. The molecular formula is C38H37N3O7. The van der Waals surface area contributed by atoms with E-state index in [1.54, 1.807) is 60.7 Å². The van der Waals surface area contributed by atoms with E-state index in [0.29, 0.717) is 23.1 Å². The number of benzene rings is 5. The van der Waals surface area contributed by atoms with Crippen molar-refractivity contribution in [2.45, 2.75) is 24.9 Å². The maximum atomic E-state index is 12.0. The van der Waals surface area contributed by atoms with Gasteiger partial charge in [0.25, 0.3) is 0 Å². The van der Waals surface area contributed by atoms with Crippen LogP contribution < -0.4 is 15.8 Å². The van der Waals surface area contributed by atoms with E-state index in [1.165, 1.54) is 0 Å². The molecule has 48 heavy (non-hydrogen) atoms. The molecule has 6 rings (SSSR count). The van der Waals surface area contributed by atoms with Crippen LogP contribution in [0.5, 0.6) is 5.75 Å². The van der Waals surface area contributed by atoms with Crippen LogP contribution >= 0.6 is 0 Å². The fourth-order valence-corrected chi connectivity index (χ4v) is 5.04. The summed E-state index contributed by atoms with van der Waals surface area (Å²) in [4.78, 5) is 32.4. The average Bonchev–Trinajstić information content (AvgIpc) is 3.61. The third kappa shape index (κ3) is 10.3. The zero-order chi connectivity index (χ0) is 34.5. The number of rotatable bonds is 9. The topological polar surface area (TPSA) is 183 Å². The van der Waals surface area contributed by atoms with E-state index in [-0.39, 0.29) is 11.9 Å². The molecule has 0 aromatic heterocycles. The number of nitrogens with two attached hydrogens (primary N) is 1. The summed E-state index contributed by atoms with van der Waals surface area (Å²) in [7, 11) is 0. The highest BCUT2D eigenvalue weighted by Crippen LogP contribution is 2.27. The quantitative estimate of drug-likeness (QED) is 0.0820. The number of aliphatic carboxylic acids is 1. The summed E-state index contributed by atoms with van der Waals surface area (Å²) >= 11 is 0. The van der Waals surface area contributed by atoms with Gasteiger partial charge >= 0.3 is 17.9 Å². The first-order valence-electron chi connectivity index (χ1n) is 15.2. The number of ether oxygens (including phenoxy) is 1. The lowest BCUT2D eigenvalue weighted by Gasteiger charge is -2.16. The minimum Gasteiger partial charge on any atom is -0.489 e. The van der Waals surface area contributed by atoms with Crippen molar-refractivity contribution in [1.29, 1.82) is 5.41 Å². The number of hydrogen-bond donors (Lipinski definition) is 6. The van der Waals surface area contributed by atoms with Gasteiger partial charge in [-0.15, -0.1) is 0 Å². The van der Waals surface area contributed by atoms with Crippen molar-refractivity contribution in [2.24, 2.45) is 5.73 Å². The van der Waals surface area contributed by atoms with Crippen LogP contribution in [0, 0.1) is 5.41 Å². The predicted molar refractivity (Wildman–Crippen MR) is 184 cm³/mol. The van der Waals surface area contributed by atoms with Gasteiger partial charge in [0.1, 0.15) is 17.7 Å². The largest absolute Gasteiger partial charge is 0.489 e. The summed E-state index contributed by atoms with van der Waals surface area (Å²) in [6.07, 6.45) is 1.53. The fraction of sp³-hybridized carbons (Fsp3) is 0.158. The number of nitrogen functional groups attached to an aromatic ring is 1. The minimum absolute atomic E-state index is 0.0152. The maximum Gasteiger partial charge on any atom is 0.335 e. The summed E-state index contributed by atoms with van der Waals surface area (Å²) < 4.78 is 5.93. The smallest absolute Gasteiger partial charge is 0.335 e. The number of carbonyl (C=O) groups is 3. The van der Waals surface area contributed by atoms with Crippen LogP contribution in [0.2, 0.25) is 0 Å². The molecule has 246 valence electrons. The normalized spacial score (nSPS) is 14.0. The minimum atomic E-state index is -0.879. The van der Waals surface area contributed by atoms with E-state index in [9.17, 15) is 19.5 Å². The summed E-state index contributed by atoms with van der Waals surface area (Å²) in [5.41, 5.74) is 8.58. The number of fused-ring (bicyclic) bond motifs is 1. The third-order valence-corrected chi connectivity index (χ3v) is 7.60. The van der Waals surface area contributed by atoms with E-state index < -0.39 is 23.8 Å². The summed E-state index contributed by atoms with van der Waals surface area (Å²) in [5.74, 6) is -2.49. The molecule has 1 aliphatic rings. The molecule has 2 atom stereocenters. The van der Waals surface area contributed by atoms with Crippen LogP contribution in [-0.4, -0.2) is 58.3 Å². The number of aromatic carboxylic acids is 2. The van der Waals surface area contributed by atoms with E-state index >= 15 is 0 Å². The summed E-state index contributed by atoms with van der Waals surface area (Å²) in [6, 6.07) is 35.5. The van der Waals surface area contributed by atoms with Crippen LogP contribution in [0.3, 0.4) is 0 Å². The van der Waals surface area contributed by atoms with Crippen molar-refractivity contribution < 1.29 is 34.4 Å². The first-order chi connectivity index (χ1) is 23.1. The van der Waals surface area contributed by atoms with Gasteiger partial charge in [0, 0.05) is 12.1 Å². The average molecular weight is 648 g/mol. The van der Waals surface area contributed by atoms with Crippen LogP contribution in [0.15, 0.2) is 121 Å². The highest BCUT2D eigenvalue weighted by molar-refractivity contribution is 5.99. The molecular weight excluding hydrogens is 610 g/mol. The predicted octanol–water partition coefficient (Wildman–Crippen LogP) is 6.05. The van der Waals surface area contributed by atoms with Crippen LogP contribution in [0.25, 0.3) is 10.8 Å². The lowest BCUT2D eigenvalue weighted by Crippen LogP contribution is -2.19. The third-order valence-electron chi connectivity index (χ3n) is 7.60. The van der Waals surface area contributed by atoms with Gasteiger partial charge in [-0.1, -0.05) is 78.9 Å². The molecule has 5 aromatic rings. The molecule has 0 saturated carbocycles. The fourth-order valence-electron chi connectivity index (χ4n) is 5.04. The van der Waals surface area contributed by atoms with Gasteiger partial charge in [-0.2, -0.15) is 0 Å². The number of nitrogens with one attached hydrogen (secondary N) is 2. The first kappa shape index (κ1) is 34.9. The molecule has 1 aliphatic heterocycles. The molecule has 7 N–H and O–H groups in total. The SMILES string of the molecule is N=C(N)c1ccc2ccc(C[C@H](C(=O)O)c3ccc(O[C@H]4CCNC4)cc3)cc2c1.O=C(O)c1ccccc1.O=C(O)c1ccccc1. The van der Waals surface area contributed by atoms with Gasteiger partial charge in [-0.3, -0.25) is 10.2 Å². The zero-order valence-electron chi connectivity index (χ0n) is 26.1. The Bertz CT molecular complexity index is 1790. The standard InChI is InChI=1S/C24H25N3O3.2C7H6O2/c25-23(26)18-4-3-16-2-1-15(11-19(16)13-18)12-22(24(28)29)17-5-7-20(8-6-17)30-21-9-10-27-14-21;2*8-7(9)6-4-2-1-3-5-6/h1-8,11,13,21-22,27H,9-10,12,14H2,(H3,25,26)(H,28,29);2*1-5H,(H,8,9)/t21-,22-;;/m0../s1. The molecule has 1 saturated heterocycles. The van der Waals surface area contributed by atoms with Gasteiger partial charge in [0.05, 0.1) is 17.0 Å². The van der Waals surface area contributed by atoms with Crippen molar-refractivity contribution >= 4 is 34.5 Å². The lowest BCUT2D eigenvalue weighted by atomic mass is 9.91. The van der Waals surface area contributed by atoms with Crippen LogP contribution in [0.4, 0.5) is 0 Å². The van der Waals surface area contributed by atoms with Crippen LogP contribution in [-0.2, 0) is 11.2 Å².